The van der Waals surface area contributed by atoms with Crippen molar-refractivity contribution in [1.29, 1.82) is 0 Å². The van der Waals surface area contributed by atoms with Crippen LogP contribution in [0.25, 0.3) is 0 Å². The van der Waals surface area contributed by atoms with Crippen molar-refractivity contribution in [2.45, 2.75) is 51.5 Å². The average Bonchev–Trinajstić information content (AvgIpc) is 2.74. The van der Waals surface area contributed by atoms with Gasteiger partial charge in [-0.15, -0.1) is 0 Å². The number of morpholine rings is 1. The van der Waals surface area contributed by atoms with Crippen LogP contribution in [0.5, 0.6) is 0 Å². The third kappa shape index (κ3) is 5.16. The van der Waals surface area contributed by atoms with Gasteiger partial charge in [-0.3, -0.25) is 9.59 Å². The van der Waals surface area contributed by atoms with E-state index in [0.717, 1.165) is 16.7 Å². The molecule has 1 aliphatic rings. The molecule has 6 N–H and O–H groups in total. The van der Waals surface area contributed by atoms with Gasteiger partial charge in [0.1, 0.15) is 0 Å². The van der Waals surface area contributed by atoms with E-state index in [1.54, 1.807) is 30.0 Å². The molecule has 8 heteroatoms. The summed E-state index contributed by atoms with van der Waals surface area (Å²) in [5.41, 5.74) is 15.2. The number of benzene rings is 2. The number of aryl methyl sites for hydroxylation is 1. The van der Waals surface area contributed by atoms with E-state index in [9.17, 15) is 14.7 Å². The van der Waals surface area contributed by atoms with Crippen molar-refractivity contribution < 1.29 is 19.4 Å². The minimum absolute atomic E-state index is 0.00405. The molecule has 8 nitrogen and oxygen atoms in total. The molecule has 0 spiro atoms. The van der Waals surface area contributed by atoms with Crippen LogP contribution < -0.4 is 21.7 Å². The summed E-state index contributed by atoms with van der Waals surface area (Å²) in [4.78, 5) is 27.2. The number of nitrogens with zero attached hydrogens (tertiary/aromatic N) is 1. The topological polar surface area (TPSA) is 131 Å². The molecule has 1 fully saturated rings. The Morgan fingerprint density at radius 2 is 1.84 bits per heavy atom. The Bertz CT molecular complexity index is 982. The largest absolute Gasteiger partial charge is 0.380 e. The van der Waals surface area contributed by atoms with Crippen molar-refractivity contribution >= 4 is 23.2 Å². The van der Waals surface area contributed by atoms with Gasteiger partial charge < -0.3 is 31.5 Å². The van der Waals surface area contributed by atoms with Gasteiger partial charge in [0, 0.05) is 17.9 Å². The molecule has 0 bridgehead atoms. The first-order valence-corrected chi connectivity index (χ1v) is 10.6. The predicted molar refractivity (Wildman–Crippen MR) is 124 cm³/mol. The second kappa shape index (κ2) is 9.38. The van der Waals surface area contributed by atoms with Crippen LogP contribution in [0.2, 0.25) is 0 Å². The van der Waals surface area contributed by atoms with E-state index in [1.165, 1.54) is 0 Å². The van der Waals surface area contributed by atoms with E-state index in [1.807, 2.05) is 24.3 Å². The SMILES string of the molecule is Cc1cc(C(N)N)ccc1NC(=O)[C@H](O)[C@H]1OCCN(c2ccc(C(C)(C)C)cc2)C1=O. The second-order valence-corrected chi connectivity index (χ2v) is 9.11. The fourth-order valence-corrected chi connectivity index (χ4v) is 3.61. The Balaban J connectivity index is 1.72. The van der Waals surface area contributed by atoms with Crippen molar-refractivity contribution in [3.63, 3.8) is 0 Å². The maximum Gasteiger partial charge on any atom is 0.259 e. The molecule has 0 radical (unpaired) electrons. The van der Waals surface area contributed by atoms with E-state index in [-0.39, 0.29) is 12.0 Å². The zero-order valence-electron chi connectivity index (χ0n) is 19.0. The quantitative estimate of drug-likeness (QED) is 0.526. The number of anilines is 2. The van der Waals surface area contributed by atoms with Crippen molar-refractivity contribution in [1.82, 2.24) is 0 Å². The Hall–Kier alpha value is -2.78. The molecule has 32 heavy (non-hydrogen) atoms. The summed E-state index contributed by atoms with van der Waals surface area (Å²) in [6.07, 6.45) is -3.57. The molecule has 2 aromatic rings. The summed E-state index contributed by atoms with van der Waals surface area (Å²) in [5.74, 6) is -1.18. The van der Waals surface area contributed by atoms with Gasteiger partial charge in [-0.2, -0.15) is 0 Å². The van der Waals surface area contributed by atoms with E-state index in [2.05, 4.69) is 26.1 Å². The smallest absolute Gasteiger partial charge is 0.259 e. The van der Waals surface area contributed by atoms with Crippen molar-refractivity contribution in [2.24, 2.45) is 11.5 Å². The molecular formula is C24H32N4O4. The molecule has 0 unspecified atom stereocenters. The molecule has 1 heterocycles. The zero-order valence-corrected chi connectivity index (χ0v) is 19.0. The number of carbonyl (C=O) groups excluding carboxylic acids is 2. The number of nitrogens with one attached hydrogen (secondary N) is 1. The highest BCUT2D eigenvalue weighted by molar-refractivity contribution is 6.04. The minimum Gasteiger partial charge on any atom is -0.380 e. The molecule has 1 saturated heterocycles. The van der Waals surface area contributed by atoms with E-state index in [0.29, 0.717) is 17.9 Å². The molecule has 2 atom stereocenters. The summed E-state index contributed by atoms with van der Waals surface area (Å²) in [5, 5.41) is 13.3. The average molecular weight is 441 g/mol. The van der Waals surface area contributed by atoms with Crippen LogP contribution in [0, 0.1) is 6.92 Å². The van der Waals surface area contributed by atoms with E-state index in [4.69, 9.17) is 16.2 Å². The predicted octanol–water partition coefficient (Wildman–Crippen LogP) is 1.94. The van der Waals surface area contributed by atoms with Crippen LogP contribution in [0.3, 0.4) is 0 Å². The summed E-state index contributed by atoms with van der Waals surface area (Å²) in [7, 11) is 0. The van der Waals surface area contributed by atoms with Crippen molar-refractivity contribution in [2.75, 3.05) is 23.4 Å². The standard InChI is InChI=1S/C24H32N4O4/c1-14-13-15(21(25)26)5-10-18(14)27-22(30)19(29)20-23(31)28(11-12-32-20)17-8-6-16(7-9-17)24(2,3)4/h5-10,13,19-21,29H,11-12,25-26H2,1-4H3,(H,27,30)/t19-,20-/m1/s1. The molecule has 172 valence electrons. The molecule has 0 saturated carbocycles. The van der Waals surface area contributed by atoms with Crippen LogP contribution in [-0.4, -0.2) is 42.3 Å². The van der Waals surface area contributed by atoms with Gasteiger partial charge >= 0.3 is 0 Å². The number of nitrogens with two attached hydrogens (primary N) is 2. The first kappa shape index (κ1) is 23.9. The highest BCUT2D eigenvalue weighted by atomic mass is 16.5. The number of amides is 2. The van der Waals surface area contributed by atoms with Gasteiger partial charge in [0.05, 0.1) is 12.8 Å². The number of ether oxygens (including phenoxy) is 1. The summed E-state index contributed by atoms with van der Waals surface area (Å²) >= 11 is 0. The summed E-state index contributed by atoms with van der Waals surface area (Å²) in [6.45, 7) is 8.70. The van der Waals surface area contributed by atoms with Gasteiger partial charge in [0.15, 0.2) is 12.2 Å². The van der Waals surface area contributed by atoms with Gasteiger partial charge in [0.25, 0.3) is 11.8 Å². The van der Waals surface area contributed by atoms with Crippen LogP contribution in [-0.2, 0) is 19.7 Å². The third-order valence-electron chi connectivity index (χ3n) is 5.62. The highest BCUT2D eigenvalue weighted by Crippen LogP contribution is 2.27. The molecule has 0 aliphatic carbocycles. The minimum atomic E-state index is -1.66. The Kier molecular flexibility index (Phi) is 7.00. The van der Waals surface area contributed by atoms with Gasteiger partial charge in [-0.05, 0) is 47.2 Å². The Labute approximate surface area is 188 Å². The summed E-state index contributed by atoms with van der Waals surface area (Å²) < 4.78 is 5.49. The Morgan fingerprint density at radius 3 is 2.41 bits per heavy atom. The van der Waals surface area contributed by atoms with Gasteiger partial charge in [-0.25, -0.2) is 0 Å². The number of rotatable bonds is 5. The normalized spacial score (nSPS) is 18.1. The number of aliphatic hydroxyl groups excluding tert-OH is 1. The van der Waals surface area contributed by atoms with Crippen LogP contribution in [0.1, 0.15) is 43.6 Å². The molecule has 3 rings (SSSR count). The molecular weight excluding hydrogens is 408 g/mol. The lowest BCUT2D eigenvalue weighted by molar-refractivity contribution is -0.150. The van der Waals surface area contributed by atoms with Crippen LogP contribution in [0.15, 0.2) is 42.5 Å². The van der Waals surface area contributed by atoms with E-state index >= 15 is 0 Å². The first-order chi connectivity index (χ1) is 15.0. The number of hydrogen-bond donors (Lipinski definition) is 4. The maximum absolute atomic E-state index is 13.0. The number of hydrogen-bond acceptors (Lipinski definition) is 6. The van der Waals surface area contributed by atoms with Gasteiger partial charge in [0.2, 0.25) is 0 Å². The third-order valence-corrected chi connectivity index (χ3v) is 5.62. The monoisotopic (exact) mass is 440 g/mol. The molecule has 2 aromatic carbocycles. The first-order valence-electron chi connectivity index (χ1n) is 10.6. The molecule has 1 aliphatic heterocycles. The maximum atomic E-state index is 13.0. The lowest BCUT2D eigenvalue weighted by Gasteiger charge is -2.34. The molecule has 0 aromatic heterocycles. The van der Waals surface area contributed by atoms with Crippen molar-refractivity contribution in [3.05, 3.63) is 59.2 Å². The van der Waals surface area contributed by atoms with Crippen LogP contribution in [0.4, 0.5) is 11.4 Å². The fourth-order valence-electron chi connectivity index (χ4n) is 3.61. The van der Waals surface area contributed by atoms with Crippen molar-refractivity contribution in [3.8, 4) is 0 Å². The number of aliphatic hydroxyl groups is 1. The Morgan fingerprint density at radius 1 is 1.19 bits per heavy atom. The molecule has 2 amide bonds. The zero-order chi connectivity index (χ0) is 23.6. The highest BCUT2D eigenvalue weighted by Gasteiger charge is 2.39. The van der Waals surface area contributed by atoms with E-state index < -0.39 is 30.2 Å². The second-order valence-electron chi connectivity index (χ2n) is 9.11. The number of carbonyl (C=O) groups is 2. The lowest BCUT2D eigenvalue weighted by Crippen LogP contribution is -2.55. The summed E-state index contributed by atoms with van der Waals surface area (Å²) in [6, 6.07) is 12.8. The fraction of sp³-hybridized carbons (Fsp3) is 0.417. The lowest BCUT2D eigenvalue weighted by atomic mass is 9.87. The van der Waals surface area contributed by atoms with Crippen LogP contribution >= 0.6 is 0 Å². The van der Waals surface area contributed by atoms with Gasteiger partial charge in [-0.1, -0.05) is 45.0 Å².